The number of amides is 3. The van der Waals surface area contributed by atoms with E-state index in [0.29, 0.717) is 18.7 Å². The summed E-state index contributed by atoms with van der Waals surface area (Å²) >= 11 is 0. The van der Waals surface area contributed by atoms with Crippen LogP contribution in [0.4, 0.5) is 10.5 Å². The average molecular weight is 360 g/mol. The number of piperidine rings is 1. The average Bonchev–Trinajstić information content (AvgIpc) is 3.02. The van der Waals surface area contributed by atoms with Crippen LogP contribution in [0.5, 0.6) is 5.75 Å². The van der Waals surface area contributed by atoms with Crippen molar-refractivity contribution < 1.29 is 14.3 Å². The van der Waals surface area contributed by atoms with Crippen molar-refractivity contribution in [3.05, 3.63) is 24.3 Å². The van der Waals surface area contributed by atoms with E-state index in [2.05, 4.69) is 17.3 Å². The van der Waals surface area contributed by atoms with Gasteiger partial charge in [-0.3, -0.25) is 4.79 Å². The van der Waals surface area contributed by atoms with Gasteiger partial charge in [-0.2, -0.15) is 0 Å². The Hall–Kier alpha value is -2.28. The van der Waals surface area contributed by atoms with Crippen LogP contribution in [0.2, 0.25) is 0 Å². The molecule has 3 rings (SSSR count). The second-order valence-corrected chi connectivity index (χ2v) is 7.20. The third kappa shape index (κ3) is 4.09. The molecule has 7 heteroatoms. The first-order chi connectivity index (χ1) is 12.5. The number of urea groups is 1. The van der Waals surface area contributed by atoms with Crippen LogP contribution in [0.1, 0.15) is 19.3 Å². The Bertz CT molecular complexity index is 658. The molecule has 0 aliphatic carbocycles. The summed E-state index contributed by atoms with van der Waals surface area (Å²) < 4.78 is 5.23. The molecule has 3 amide bonds. The summed E-state index contributed by atoms with van der Waals surface area (Å²) in [5.74, 6) is 0.732. The van der Waals surface area contributed by atoms with Gasteiger partial charge in [-0.25, -0.2) is 4.79 Å². The summed E-state index contributed by atoms with van der Waals surface area (Å²) in [6, 6.07) is 7.43. The Morgan fingerprint density at radius 2 is 2.04 bits per heavy atom. The van der Waals surface area contributed by atoms with E-state index in [1.807, 2.05) is 31.3 Å². The number of anilines is 1. The zero-order valence-electron chi connectivity index (χ0n) is 15.8. The first-order valence-electron chi connectivity index (χ1n) is 9.14. The van der Waals surface area contributed by atoms with E-state index in [0.717, 1.165) is 31.6 Å². The second-order valence-electron chi connectivity index (χ2n) is 7.20. The Morgan fingerprint density at radius 1 is 1.31 bits per heavy atom. The van der Waals surface area contributed by atoms with Crippen molar-refractivity contribution in [1.82, 2.24) is 15.1 Å². The number of hydrogen-bond acceptors (Lipinski definition) is 4. The van der Waals surface area contributed by atoms with Crippen molar-refractivity contribution >= 4 is 17.6 Å². The number of ether oxygens (including phenoxy) is 1. The predicted molar refractivity (Wildman–Crippen MR) is 101 cm³/mol. The summed E-state index contributed by atoms with van der Waals surface area (Å²) in [4.78, 5) is 30.8. The van der Waals surface area contributed by atoms with Gasteiger partial charge in [0.05, 0.1) is 13.2 Å². The first-order valence-corrected chi connectivity index (χ1v) is 9.14. The smallest absolute Gasteiger partial charge is 0.317 e. The van der Waals surface area contributed by atoms with Gasteiger partial charge < -0.3 is 24.8 Å². The topological polar surface area (TPSA) is 65.1 Å². The van der Waals surface area contributed by atoms with E-state index < -0.39 is 0 Å². The van der Waals surface area contributed by atoms with Crippen molar-refractivity contribution in [1.29, 1.82) is 0 Å². The fourth-order valence-electron chi connectivity index (χ4n) is 3.66. The van der Waals surface area contributed by atoms with E-state index in [9.17, 15) is 9.59 Å². The van der Waals surface area contributed by atoms with E-state index in [-0.39, 0.29) is 24.0 Å². The number of benzene rings is 1. The standard InChI is InChI=1S/C19H28N4O3/c1-21-9-7-15(8-10-21)22(2)19(25)20-14-11-18(24)23(13-14)16-5-4-6-17(12-16)26-3/h4-6,12,14-15H,7-11,13H2,1-3H3,(H,20,25). The van der Waals surface area contributed by atoms with Crippen LogP contribution in [0, 0.1) is 0 Å². The van der Waals surface area contributed by atoms with Gasteiger partial charge in [-0.15, -0.1) is 0 Å². The molecule has 1 aromatic carbocycles. The molecule has 0 saturated carbocycles. The molecule has 0 radical (unpaired) electrons. The molecule has 7 nitrogen and oxygen atoms in total. The molecular weight excluding hydrogens is 332 g/mol. The fraction of sp³-hybridized carbons (Fsp3) is 0.579. The molecule has 0 bridgehead atoms. The summed E-state index contributed by atoms with van der Waals surface area (Å²) in [6.45, 7) is 2.50. The van der Waals surface area contributed by atoms with Crippen molar-refractivity contribution in [2.45, 2.75) is 31.3 Å². The van der Waals surface area contributed by atoms with E-state index in [4.69, 9.17) is 4.74 Å². The monoisotopic (exact) mass is 360 g/mol. The van der Waals surface area contributed by atoms with Crippen molar-refractivity contribution in [3.8, 4) is 5.75 Å². The Morgan fingerprint density at radius 3 is 2.73 bits per heavy atom. The van der Waals surface area contributed by atoms with Gasteiger partial charge in [0.2, 0.25) is 5.91 Å². The van der Waals surface area contributed by atoms with Gasteiger partial charge in [0.1, 0.15) is 5.75 Å². The minimum absolute atomic E-state index is 0.0190. The lowest BCUT2D eigenvalue weighted by atomic mass is 10.0. The van der Waals surface area contributed by atoms with Crippen molar-refractivity contribution in [2.24, 2.45) is 0 Å². The number of hydrogen-bond donors (Lipinski definition) is 1. The summed E-state index contributed by atoms with van der Waals surface area (Å²) in [6.07, 6.45) is 2.30. The highest BCUT2D eigenvalue weighted by Crippen LogP contribution is 2.25. The largest absolute Gasteiger partial charge is 0.497 e. The zero-order valence-corrected chi connectivity index (χ0v) is 15.8. The van der Waals surface area contributed by atoms with Crippen LogP contribution in [0.3, 0.4) is 0 Å². The minimum Gasteiger partial charge on any atom is -0.497 e. The van der Waals surface area contributed by atoms with Gasteiger partial charge in [-0.1, -0.05) is 6.07 Å². The number of likely N-dealkylation sites (tertiary alicyclic amines) is 1. The second kappa shape index (κ2) is 7.95. The lowest BCUT2D eigenvalue weighted by Gasteiger charge is -2.35. The number of nitrogens with zero attached hydrogens (tertiary/aromatic N) is 3. The number of methoxy groups -OCH3 is 1. The highest BCUT2D eigenvalue weighted by atomic mass is 16.5. The normalized spacial score (nSPS) is 21.7. The van der Waals surface area contributed by atoms with Crippen LogP contribution in [-0.2, 0) is 4.79 Å². The molecule has 2 fully saturated rings. The molecule has 0 aromatic heterocycles. The molecular formula is C19H28N4O3. The third-order valence-corrected chi connectivity index (χ3v) is 5.37. The quantitative estimate of drug-likeness (QED) is 0.885. The van der Waals surface area contributed by atoms with Crippen LogP contribution in [-0.4, -0.2) is 74.7 Å². The summed E-state index contributed by atoms with van der Waals surface area (Å²) in [7, 11) is 5.56. The molecule has 1 unspecified atom stereocenters. The first kappa shape index (κ1) is 18.5. The van der Waals surface area contributed by atoms with Gasteiger partial charge in [0, 0.05) is 37.8 Å². The molecule has 2 aliphatic heterocycles. The summed E-state index contributed by atoms with van der Waals surface area (Å²) in [5.41, 5.74) is 0.801. The molecule has 1 N–H and O–H groups in total. The van der Waals surface area contributed by atoms with Crippen molar-refractivity contribution in [3.63, 3.8) is 0 Å². The maximum atomic E-state index is 12.6. The molecule has 1 atom stereocenters. The molecule has 2 aliphatic rings. The molecule has 142 valence electrons. The highest BCUT2D eigenvalue weighted by Gasteiger charge is 2.33. The highest BCUT2D eigenvalue weighted by molar-refractivity contribution is 5.97. The SMILES string of the molecule is COc1cccc(N2CC(NC(=O)N(C)C3CCN(C)CC3)CC2=O)c1. The number of nitrogens with one attached hydrogen (secondary N) is 1. The van der Waals surface area contributed by atoms with Crippen LogP contribution < -0.4 is 15.0 Å². The lowest BCUT2D eigenvalue weighted by molar-refractivity contribution is -0.117. The number of rotatable bonds is 4. The van der Waals surface area contributed by atoms with Crippen molar-refractivity contribution in [2.75, 3.05) is 45.7 Å². The van der Waals surface area contributed by atoms with Crippen LogP contribution in [0.15, 0.2) is 24.3 Å². The fourth-order valence-corrected chi connectivity index (χ4v) is 3.66. The van der Waals surface area contributed by atoms with Crippen LogP contribution in [0.25, 0.3) is 0 Å². The molecule has 1 aromatic rings. The third-order valence-electron chi connectivity index (χ3n) is 5.37. The number of carbonyl (C=O) groups excluding carboxylic acids is 2. The van der Waals surface area contributed by atoms with Gasteiger partial charge in [-0.05, 0) is 45.1 Å². The Balaban J connectivity index is 1.57. The summed E-state index contributed by atoms with van der Waals surface area (Å²) in [5, 5.41) is 3.03. The van der Waals surface area contributed by atoms with Gasteiger partial charge in [0.15, 0.2) is 0 Å². The Labute approximate surface area is 154 Å². The molecule has 0 spiro atoms. The maximum absolute atomic E-state index is 12.6. The molecule has 2 heterocycles. The molecule has 26 heavy (non-hydrogen) atoms. The number of carbonyl (C=O) groups is 2. The Kier molecular flexibility index (Phi) is 5.66. The van der Waals surface area contributed by atoms with E-state index >= 15 is 0 Å². The minimum atomic E-state index is -0.171. The lowest BCUT2D eigenvalue weighted by Crippen LogP contribution is -2.50. The predicted octanol–water partition coefficient (Wildman–Crippen LogP) is 1.54. The zero-order chi connectivity index (χ0) is 18.7. The van der Waals surface area contributed by atoms with Gasteiger partial charge in [0.25, 0.3) is 0 Å². The van der Waals surface area contributed by atoms with Crippen LogP contribution >= 0.6 is 0 Å². The molecule has 2 saturated heterocycles. The maximum Gasteiger partial charge on any atom is 0.317 e. The van der Waals surface area contributed by atoms with E-state index in [1.54, 1.807) is 16.9 Å². The van der Waals surface area contributed by atoms with E-state index in [1.165, 1.54) is 0 Å². The van der Waals surface area contributed by atoms with Gasteiger partial charge >= 0.3 is 6.03 Å².